The van der Waals surface area contributed by atoms with E-state index in [1.165, 1.54) is 17.9 Å². The van der Waals surface area contributed by atoms with Gasteiger partial charge in [0.1, 0.15) is 23.2 Å². The summed E-state index contributed by atoms with van der Waals surface area (Å²) < 4.78 is 7.41. The number of hydrogen-bond donors (Lipinski definition) is 4. The average molecular weight is 672 g/mol. The largest absolute Gasteiger partial charge is 0.497 e. The quantitative estimate of drug-likeness (QED) is 0.197. The fourth-order valence-electron chi connectivity index (χ4n) is 5.84. The highest BCUT2D eigenvalue weighted by atomic mass is 35.5. The number of anilines is 1. The van der Waals surface area contributed by atoms with Gasteiger partial charge in [-0.05, 0) is 62.4 Å². The van der Waals surface area contributed by atoms with E-state index in [1.807, 2.05) is 41.8 Å². The van der Waals surface area contributed by atoms with E-state index in [-0.39, 0.29) is 37.5 Å². The average Bonchev–Trinajstić information content (AvgIpc) is 3.51. The predicted octanol–water partition coefficient (Wildman–Crippen LogP) is 2.52. The zero-order valence-corrected chi connectivity index (χ0v) is 27.2. The van der Waals surface area contributed by atoms with Gasteiger partial charge in [-0.3, -0.25) is 23.9 Å². The van der Waals surface area contributed by atoms with Crippen LogP contribution in [0, 0.1) is 6.92 Å². The van der Waals surface area contributed by atoms with Gasteiger partial charge in [0.05, 0.1) is 31.5 Å². The number of aliphatic hydroxyl groups excluding tert-OH is 1. The Morgan fingerprint density at radius 3 is 2.52 bits per heavy atom. The van der Waals surface area contributed by atoms with Gasteiger partial charge in [-0.2, -0.15) is 0 Å². The molecule has 3 aromatic carbocycles. The number of halogens is 1. The minimum absolute atomic E-state index is 0.0319. The molecule has 13 nitrogen and oxygen atoms in total. The SMILES string of the molecule is COc1ccc2c(c1)C(c1ccc(Cl)cc1)=N[C@@H](CC(=O)NCCNC(=O)c1cccc(N3C[C@@](C)(O)[C@@H](O)C3=O)c1)c1nnc(C)n1-2. The fraction of sp³-hybridized carbons (Fsp3) is 0.294. The van der Waals surface area contributed by atoms with E-state index >= 15 is 0 Å². The van der Waals surface area contributed by atoms with Crippen molar-refractivity contribution in [3.8, 4) is 11.4 Å². The lowest BCUT2D eigenvalue weighted by molar-refractivity contribution is -0.130. The van der Waals surface area contributed by atoms with Crippen LogP contribution in [0.5, 0.6) is 5.75 Å². The maximum atomic E-state index is 13.3. The van der Waals surface area contributed by atoms with Crippen LogP contribution in [0.1, 0.15) is 52.5 Å². The number of amides is 3. The number of aliphatic hydroxyl groups is 2. The van der Waals surface area contributed by atoms with Crippen LogP contribution in [-0.4, -0.2) is 86.9 Å². The number of ether oxygens (including phenoxy) is 1. The Morgan fingerprint density at radius 1 is 1.06 bits per heavy atom. The first-order valence-electron chi connectivity index (χ1n) is 15.3. The summed E-state index contributed by atoms with van der Waals surface area (Å²) >= 11 is 6.18. The molecule has 48 heavy (non-hydrogen) atoms. The van der Waals surface area contributed by atoms with Crippen LogP contribution in [0.4, 0.5) is 5.69 Å². The number of benzene rings is 3. The fourth-order valence-corrected chi connectivity index (χ4v) is 5.96. The minimum atomic E-state index is -1.60. The molecule has 6 rings (SSSR count). The highest BCUT2D eigenvalue weighted by molar-refractivity contribution is 6.30. The smallest absolute Gasteiger partial charge is 0.258 e. The number of nitrogens with zero attached hydrogens (tertiary/aromatic N) is 5. The number of methoxy groups -OCH3 is 1. The van der Waals surface area contributed by atoms with Gasteiger partial charge in [-0.25, -0.2) is 0 Å². The van der Waals surface area contributed by atoms with Crippen LogP contribution >= 0.6 is 11.6 Å². The van der Waals surface area contributed by atoms with Gasteiger partial charge in [0, 0.05) is 40.5 Å². The third kappa shape index (κ3) is 6.39. The number of β-amino-alcohol motifs (C(OH)–C–C–N with tert-alkyl or cyclic N) is 1. The summed E-state index contributed by atoms with van der Waals surface area (Å²) in [6.45, 7) is 3.39. The van der Waals surface area contributed by atoms with Crippen molar-refractivity contribution in [3.63, 3.8) is 0 Å². The van der Waals surface area contributed by atoms with Gasteiger partial charge in [-0.1, -0.05) is 29.8 Å². The molecule has 2 aliphatic heterocycles. The molecule has 248 valence electrons. The normalized spacial score (nSPS) is 20.0. The van der Waals surface area contributed by atoms with Crippen molar-refractivity contribution in [1.29, 1.82) is 0 Å². The number of rotatable bonds is 9. The summed E-state index contributed by atoms with van der Waals surface area (Å²) in [4.78, 5) is 44.9. The molecule has 1 fully saturated rings. The first-order valence-corrected chi connectivity index (χ1v) is 15.7. The lowest BCUT2D eigenvalue weighted by Gasteiger charge is -2.19. The van der Waals surface area contributed by atoms with Crippen LogP contribution in [0.3, 0.4) is 0 Å². The molecule has 0 radical (unpaired) electrons. The number of nitrogens with one attached hydrogen (secondary N) is 2. The van der Waals surface area contributed by atoms with Gasteiger partial charge in [-0.15, -0.1) is 10.2 Å². The second kappa shape index (κ2) is 13.2. The number of fused-ring (bicyclic) bond motifs is 3. The molecule has 0 bridgehead atoms. The van der Waals surface area contributed by atoms with E-state index in [4.69, 9.17) is 21.3 Å². The van der Waals surface area contributed by atoms with Crippen LogP contribution in [0.25, 0.3) is 5.69 Å². The molecule has 0 saturated carbocycles. The van der Waals surface area contributed by atoms with Crippen molar-refractivity contribution in [2.45, 2.75) is 38.0 Å². The topological polar surface area (TPSA) is 171 Å². The zero-order valence-electron chi connectivity index (χ0n) is 26.5. The monoisotopic (exact) mass is 671 g/mol. The maximum absolute atomic E-state index is 13.3. The van der Waals surface area contributed by atoms with Crippen molar-refractivity contribution in [1.82, 2.24) is 25.4 Å². The molecule has 1 aromatic heterocycles. The number of aromatic nitrogens is 3. The second-order valence-electron chi connectivity index (χ2n) is 11.9. The molecule has 0 aliphatic carbocycles. The molecule has 4 aromatic rings. The lowest BCUT2D eigenvalue weighted by atomic mass is 10.00. The molecule has 2 aliphatic rings. The molecular formula is C34H34ClN7O6. The summed E-state index contributed by atoms with van der Waals surface area (Å²) in [6.07, 6.45) is -1.58. The van der Waals surface area contributed by atoms with Gasteiger partial charge in [0.25, 0.3) is 11.8 Å². The highest BCUT2D eigenvalue weighted by Crippen LogP contribution is 2.34. The van der Waals surface area contributed by atoms with Crippen LogP contribution < -0.4 is 20.3 Å². The van der Waals surface area contributed by atoms with Crippen molar-refractivity contribution in [3.05, 3.63) is 100 Å². The maximum Gasteiger partial charge on any atom is 0.258 e. The Labute approximate surface area is 281 Å². The Morgan fingerprint density at radius 2 is 1.81 bits per heavy atom. The molecule has 3 amide bonds. The number of aliphatic imine (C=N–C) groups is 1. The number of hydrogen-bond acceptors (Lipinski definition) is 9. The third-order valence-electron chi connectivity index (χ3n) is 8.35. The minimum Gasteiger partial charge on any atom is -0.497 e. The van der Waals surface area contributed by atoms with Crippen LogP contribution in [0.2, 0.25) is 5.02 Å². The van der Waals surface area contributed by atoms with Crippen molar-refractivity contribution in [2.75, 3.05) is 31.6 Å². The second-order valence-corrected chi connectivity index (χ2v) is 12.3. The van der Waals surface area contributed by atoms with E-state index in [0.717, 1.165) is 16.8 Å². The Bertz CT molecular complexity index is 1920. The van der Waals surface area contributed by atoms with Crippen molar-refractivity contribution < 1.29 is 29.3 Å². The molecule has 3 heterocycles. The van der Waals surface area contributed by atoms with Crippen LogP contribution in [0.15, 0.2) is 71.7 Å². The van der Waals surface area contributed by atoms with Crippen molar-refractivity contribution >= 4 is 40.7 Å². The highest BCUT2D eigenvalue weighted by Gasteiger charge is 2.47. The zero-order chi connectivity index (χ0) is 34.2. The molecule has 0 spiro atoms. The van der Waals surface area contributed by atoms with Crippen molar-refractivity contribution in [2.24, 2.45) is 4.99 Å². The molecule has 0 unspecified atom stereocenters. The van der Waals surface area contributed by atoms with Gasteiger partial charge in [0.2, 0.25) is 5.91 Å². The molecular weight excluding hydrogens is 638 g/mol. The van der Waals surface area contributed by atoms with E-state index < -0.39 is 29.6 Å². The third-order valence-corrected chi connectivity index (χ3v) is 8.60. The van der Waals surface area contributed by atoms with Gasteiger partial charge in [0.15, 0.2) is 11.9 Å². The Hall–Kier alpha value is -5.11. The molecule has 14 heteroatoms. The molecule has 3 atom stereocenters. The molecule has 1 saturated heterocycles. The van der Waals surface area contributed by atoms with E-state index in [9.17, 15) is 24.6 Å². The first-order chi connectivity index (χ1) is 23.0. The lowest BCUT2D eigenvalue weighted by Crippen LogP contribution is -2.39. The molecule has 4 N–H and O–H groups in total. The van der Waals surface area contributed by atoms with E-state index in [2.05, 4.69) is 20.8 Å². The summed E-state index contributed by atoms with van der Waals surface area (Å²) in [5.41, 5.74) is 2.09. The summed E-state index contributed by atoms with van der Waals surface area (Å²) in [6, 6.07) is 18.6. The number of carbonyl (C=O) groups is 3. The summed E-state index contributed by atoms with van der Waals surface area (Å²) in [5.74, 6) is 0.431. The summed E-state index contributed by atoms with van der Waals surface area (Å²) in [5, 5.41) is 35.2. The number of carbonyl (C=O) groups excluding carboxylic acids is 3. The Kier molecular flexibility index (Phi) is 9.01. The first kappa shape index (κ1) is 32.8. The number of aryl methyl sites for hydroxylation is 1. The Balaban J connectivity index is 1.14. The van der Waals surface area contributed by atoms with Crippen LogP contribution in [-0.2, 0) is 9.59 Å². The standard InChI is InChI=1S/C34H34ClN7O6/c1-19-39-40-31-26(38-29(20-7-9-22(35)10-8-20)25-16-24(48-3)11-12-27(25)42(19)31)17-28(43)36-13-14-37-32(45)21-5-4-6-23(15-21)41-18-34(2,47)30(44)33(41)46/h4-12,15-16,26,30,44,47H,13-14,17-18H2,1-3H3,(H,36,43)(H,37,45)/t26-,30-,34+/m0/s1. The van der Waals surface area contributed by atoms with E-state index in [1.54, 1.807) is 37.4 Å². The van der Waals surface area contributed by atoms with Gasteiger partial charge < -0.3 is 30.5 Å². The summed E-state index contributed by atoms with van der Waals surface area (Å²) in [7, 11) is 1.59. The van der Waals surface area contributed by atoms with Gasteiger partial charge >= 0.3 is 0 Å². The predicted molar refractivity (Wildman–Crippen MR) is 178 cm³/mol. The van der Waals surface area contributed by atoms with E-state index in [0.29, 0.717) is 33.8 Å².